The molecular formula is C44H26N4. The van der Waals surface area contributed by atoms with Crippen LogP contribution in [0.1, 0.15) is 5.56 Å². The molecule has 7 aromatic carbocycles. The number of benzene rings is 7. The van der Waals surface area contributed by atoms with E-state index in [0.717, 1.165) is 66.5 Å². The third kappa shape index (κ3) is 4.01. The van der Waals surface area contributed by atoms with Gasteiger partial charge in [0, 0.05) is 32.7 Å². The van der Waals surface area contributed by atoms with Gasteiger partial charge >= 0.3 is 0 Å². The zero-order valence-corrected chi connectivity index (χ0v) is 25.8. The second kappa shape index (κ2) is 10.9. The Labute approximate surface area is 277 Å². The molecule has 0 radical (unpaired) electrons. The van der Waals surface area contributed by atoms with E-state index in [2.05, 4.69) is 123 Å². The first-order chi connectivity index (χ1) is 23.8. The molecule has 4 nitrogen and oxygen atoms in total. The van der Waals surface area contributed by atoms with E-state index in [4.69, 9.17) is 6.57 Å². The predicted molar refractivity (Wildman–Crippen MR) is 197 cm³/mol. The highest BCUT2D eigenvalue weighted by Crippen LogP contribution is 2.43. The predicted octanol–water partition coefficient (Wildman–Crippen LogP) is 11.6. The maximum atomic E-state index is 10.9. The zero-order valence-electron chi connectivity index (χ0n) is 25.8. The fourth-order valence-corrected chi connectivity index (χ4v) is 7.39. The van der Waals surface area contributed by atoms with Crippen molar-refractivity contribution in [1.29, 1.82) is 5.26 Å². The van der Waals surface area contributed by atoms with Gasteiger partial charge in [0.2, 0.25) is 0 Å². The molecule has 4 heteroatoms. The third-order valence-electron chi connectivity index (χ3n) is 9.41. The Morgan fingerprint density at radius 3 is 1.44 bits per heavy atom. The lowest BCUT2D eigenvalue weighted by Gasteiger charge is -2.19. The molecule has 0 amide bonds. The molecule has 0 saturated heterocycles. The molecule has 9 rings (SSSR count). The fourth-order valence-electron chi connectivity index (χ4n) is 7.39. The quantitative estimate of drug-likeness (QED) is 0.183. The van der Waals surface area contributed by atoms with Crippen LogP contribution in [0.4, 0.5) is 5.69 Å². The summed E-state index contributed by atoms with van der Waals surface area (Å²) in [4.78, 5) is 3.83. The Morgan fingerprint density at radius 1 is 0.438 bits per heavy atom. The van der Waals surface area contributed by atoms with Crippen LogP contribution in [0.3, 0.4) is 0 Å². The van der Waals surface area contributed by atoms with E-state index >= 15 is 0 Å². The molecule has 9 aromatic rings. The van der Waals surface area contributed by atoms with Gasteiger partial charge in [0.1, 0.15) is 6.07 Å². The van der Waals surface area contributed by atoms with Crippen molar-refractivity contribution in [2.24, 2.45) is 0 Å². The Bertz CT molecular complexity index is 2710. The summed E-state index contributed by atoms with van der Waals surface area (Å²) in [5.74, 6) is 0. The molecule has 0 atom stereocenters. The molecule has 2 heterocycles. The number of hydrogen-bond acceptors (Lipinski definition) is 1. The summed E-state index contributed by atoms with van der Waals surface area (Å²) in [6.45, 7) is 7.91. The number of para-hydroxylation sites is 5. The molecule has 0 unspecified atom stereocenters. The van der Waals surface area contributed by atoms with Gasteiger partial charge in [-0.1, -0.05) is 115 Å². The van der Waals surface area contributed by atoms with Crippen molar-refractivity contribution < 1.29 is 0 Å². The van der Waals surface area contributed by atoms with E-state index in [1.54, 1.807) is 0 Å². The van der Waals surface area contributed by atoms with Crippen LogP contribution >= 0.6 is 0 Å². The highest BCUT2D eigenvalue weighted by Gasteiger charge is 2.21. The lowest BCUT2D eigenvalue weighted by molar-refractivity contribution is 1.17. The van der Waals surface area contributed by atoms with Crippen LogP contribution in [0.25, 0.3) is 82.1 Å². The SMILES string of the molecule is [C-]#[N+]c1ccc(-c2cccc(-n3c4ccccc4c4ccccc43)c2C#N)c(-c2ccccc2-n2c3ccccc3c3ccccc32)c1. The number of nitrogens with zero attached hydrogens (tertiary/aromatic N) is 4. The minimum absolute atomic E-state index is 0.544. The fraction of sp³-hybridized carbons (Fsp3) is 0. The standard InChI is InChI=1S/C44H26N4/c1-46-29-25-26-31(30-18-12-24-44(38(30)28-45)48-41-21-9-4-15-34(41)35-16-5-10-22-42(35)48)37(27-29)36-17-6-11-23-43(36)47-39-19-7-2-13-32(39)33-14-3-8-20-40(33)47/h2-27H. The molecule has 0 aliphatic heterocycles. The van der Waals surface area contributed by atoms with Gasteiger partial charge in [-0.2, -0.15) is 5.26 Å². The van der Waals surface area contributed by atoms with E-state index < -0.39 is 0 Å². The lowest BCUT2D eigenvalue weighted by atomic mass is 9.90. The van der Waals surface area contributed by atoms with Crippen LogP contribution < -0.4 is 0 Å². The average molecular weight is 611 g/mol. The average Bonchev–Trinajstić information content (AvgIpc) is 3.67. The first-order valence-electron chi connectivity index (χ1n) is 15.9. The lowest BCUT2D eigenvalue weighted by Crippen LogP contribution is -2.01. The summed E-state index contributed by atoms with van der Waals surface area (Å²) in [5, 5.41) is 15.5. The first-order valence-corrected chi connectivity index (χ1v) is 15.9. The maximum Gasteiger partial charge on any atom is 0.187 e. The largest absolute Gasteiger partial charge is 0.309 e. The maximum absolute atomic E-state index is 10.9. The van der Waals surface area contributed by atoms with Crippen molar-refractivity contribution >= 4 is 49.3 Å². The number of aromatic nitrogens is 2. The molecule has 0 spiro atoms. The highest BCUT2D eigenvalue weighted by molar-refractivity contribution is 6.11. The minimum atomic E-state index is 0.544. The summed E-state index contributed by atoms with van der Waals surface area (Å²) < 4.78 is 4.51. The van der Waals surface area contributed by atoms with Gasteiger partial charge in [0.15, 0.2) is 5.69 Å². The second-order valence-electron chi connectivity index (χ2n) is 11.9. The van der Waals surface area contributed by atoms with Crippen molar-refractivity contribution in [2.75, 3.05) is 0 Å². The monoisotopic (exact) mass is 610 g/mol. The third-order valence-corrected chi connectivity index (χ3v) is 9.41. The van der Waals surface area contributed by atoms with Gasteiger partial charge in [-0.05, 0) is 53.6 Å². The topological polar surface area (TPSA) is 38.0 Å². The normalized spacial score (nSPS) is 11.3. The minimum Gasteiger partial charge on any atom is -0.309 e. The van der Waals surface area contributed by atoms with Crippen LogP contribution in [-0.2, 0) is 0 Å². The van der Waals surface area contributed by atoms with Gasteiger partial charge < -0.3 is 9.13 Å². The van der Waals surface area contributed by atoms with E-state index in [-0.39, 0.29) is 0 Å². The van der Waals surface area contributed by atoms with E-state index in [1.807, 2.05) is 54.6 Å². The molecule has 0 N–H and O–H groups in total. The Balaban J connectivity index is 1.33. The van der Waals surface area contributed by atoms with Crippen LogP contribution in [-0.4, -0.2) is 9.13 Å². The smallest absolute Gasteiger partial charge is 0.187 e. The number of fused-ring (bicyclic) bond motifs is 6. The number of nitriles is 1. The van der Waals surface area contributed by atoms with Crippen molar-refractivity contribution in [1.82, 2.24) is 9.13 Å². The highest BCUT2D eigenvalue weighted by atomic mass is 15.0. The van der Waals surface area contributed by atoms with Gasteiger partial charge in [-0.25, -0.2) is 4.85 Å². The van der Waals surface area contributed by atoms with Crippen LogP contribution in [0.5, 0.6) is 0 Å². The van der Waals surface area contributed by atoms with Crippen LogP contribution in [0.15, 0.2) is 158 Å². The van der Waals surface area contributed by atoms with E-state index in [1.165, 1.54) is 10.8 Å². The number of hydrogen-bond donors (Lipinski definition) is 0. The molecule has 0 aliphatic rings. The van der Waals surface area contributed by atoms with Gasteiger partial charge in [0.25, 0.3) is 0 Å². The zero-order chi connectivity index (χ0) is 32.2. The molecular weight excluding hydrogens is 585 g/mol. The molecule has 2 aromatic heterocycles. The summed E-state index contributed by atoms with van der Waals surface area (Å²) in [6, 6.07) is 56.5. The van der Waals surface area contributed by atoms with Gasteiger partial charge in [-0.3, -0.25) is 0 Å². The molecule has 222 valence electrons. The van der Waals surface area contributed by atoms with Crippen molar-refractivity contribution in [3.8, 4) is 39.7 Å². The molecule has 0 aliphatic carbocycles. The number of rotatable bonds is 4. The Kier molecular flexibility index (Phi) is 6.22. The summed E-state index contributed by atoms with van der Waals surface area (Å²) in [7, 11) is 0. The molecule has 0 saturated carbocycles. The van der Waals surface area contributed by atoms with Crippen molar-refractivity contribution in [3.63, 3.8) is 0 Å². The van der Waals surface area contributed by atoms with Crippen LogP contribution in [0.2, 0.25) is 0 Å². The summed E-state index contributed by atoms with van der Waals surface area (Å²) >= 11 is 0. The van der Waals surface area contributed by atoms with Gasteiger partial charge in [0.05, 0.1) is 45.6 Å². The first kappa shape index (κ1) is 27.4. The van der Waals surface area contributed by atoms with Crippen LogP contribution in [0, 0.1) is 17.9 Å². The Morgan fingerprint density at radius 2 is 0.896 bits per heavy atom. The van der Waals surface area contributed by atoms with Gasteiger partial charge in [-0.15, -0.1) is 0 Å². The summed E-state index contributed by atoms with van der Waals surface area (Å²) in [6.07, 6.45) is 0. The summed E-state index contributed by atoms with van der Waals surface area (Å²) in [5.41, 5.74) is 10.9. The van der Waals surface area contributed by atoms with Crippen molar-refractivity contribution in [2.45, 2.75) is 0 Å². The molecule has 48 heavy (non-hydrogen) atoms. The van der Waals surface area contributed by atoms with E-state index in [0.29, 0.717) is 11.3 Å². The second-order valence-corrected chi connectivity index (χ2v) is 11.9. The van der Waals surface area contributed by atoms with E-state index in [9.17, 15) is 5.26 Å². The van der Waals surface area contributed by atoms with Crippen molar-refractivity contribution in [3.05, 3.63) is 175 Å². The molecule has 0 fully saturated rings. The molecule has 0 bridgehead atoms. The Hall–Kier alpha value is -6.88.